The molecule has 1 aromatic carbocycles. The average Bonchev–Trinajstić information content (AvgIpc) is 2.26. The fraction of sp³-hybridized carbons (Fsp3) is 0.417. The van der Waals surface area contributed by atoms with Crippen LogP contribution in [0.2, 0.25) is 0 Å². The SMILES string of the molecule is CC(N)C(=O)N(C)C(C)c1ccccc1F.Cl. The first kappa shape index (κ1) is 15.9. The van der Waals surface area contributed by atoms with Gasteiger partial charge in [0.25, 0.3) is 0 Å². The molecule has 1 amide bonds. The number of hydrogen-bond donors (Lipinski definition) is 1. The molecule has 2 unspecified atom stereocenters. The van der Waals surface area contributed by atoms with Gasteiger partial charge in [-0.2, -0.15) is 0 Å². The molecule has 0 saturated carbocycles. The molecule has 0 saturated heterocycles. The molecule has 0 heterocycles. The van der Waals surface area contributed by atoms with Crippen molar-refractivity contribution in [3.8, 4) is 0 Å². The van der Waals surface area contributed by atoms with Crippen LogP contribution in [0.4, 0.5) is 4.39 Å². The van der Waals surface area contributed by atoms with Crippen LogP contribution in [0.25, 0.3) is 0 Å². The molecule has 1 aromatic rings. The van der Waals surface area contributed by atoms with Gasteiger partial charge in [0.1, 0.15) is 5.82 Å². The number of nitrogens with zero attached hydrogens (tertiary/aromatic N) is 1. The number of halogens is 2. The Morgan fingerprint density at radius 3 is 2.35 bits per heavy atom. The highest BCUT2D eigenvalue weighted by Gasteiger charge is 2.21. The zero-order chi connectivity index (χ0) is 12.3. The Bertz CT molecular complexity index is 385. The van der Waals surface area contributed by atoms with E-state index in [-0.39, 0.29) is 30.2 Å². The van der Waals surface area contributed by atoms with E-state index in [0.29, 0.717) is 5.56 Å². The van der Waals surface area contributed by atoms with Crippen LogP contribution in [-0.2, 0) is 4.79 Å². The number of nitrogens with two attached hydrogens (primary N) is 1. The van der Waals surface area contributed by atoms with Gasteiger partial charge in [0.2, 0.25) is 5.91 Å². The van der Waals surface area contributed by atoms with Crippen molar-refractivity contribution in [3.05, 3.63) is 35.6 Å². The molecule has 0 bridgehead atoms. The van der Waals surface area contributed by atoms with Gasteiger partial charge < -0.3 is 10.6 Å². The molecular formula is C12H18ClFN2O. The molecule has 0 fully saturated rings. The molecule has 0 aliphatic heterocycles. The van der Waals surface area contributed by atoms with Crippen LogP contribution >= 0.6 is 12.4 Å². The van der Waals surface area contributed by atoms with Gasteiger partial charge in [0.05, 0.1) is 12.1 Å². The minimum Gasteiger partial charge on any atom is -0.338 e. The summed E-state index contributed by atoms with van der Waals surface area (Å²) in [5.74, 6) is -0.505. The van der Waals surface area contributed by atoms with Crippen LogP contribution in [0.15, 0.2) is 24.3 Å². The Balaban J connectivity index is 0.00000256. The summed E-state index contributed by atoms with van der Waals surface area (Å²) < 4.78 is 13.5. The van der Waals surface area contributed by atoms with Gasteiger partial charge in [0, 0.05) is 12.6 Å². The zero-order valence-corrected chi connectivity index (χ0v) is 11.0. The summed E-state index contributed by atoms with van der Waals surface area (Å²) in [5, 5.41) is 0. The highest BCUT2D eigenvalue weighted by molar-refractivity contribution is 5.85. The van der Waals surface area contributed by atoms with Gasteiger partial charge in [-0.05, 0) is 19.9 Å². The van der Waals surface area contributed by atoms with E-state index in [2.05, 4.69) is 0 Å². The Kier molecular flexibility index (Phi) is 6.13. The van der Waals surface area contributed by atoms with Crippen molar-refractivity contribution in [1.82, 2.24) is 4.90 Å². The Labute approximate surface area is 107 Å². The summed E-state index contributed by atoms with van der Waals surface area (Å²) >= 11 is 0. The van der Waals surface area contributed by atoms with E-state index in [9.17, 15) is 9.18 Å². The van der Waals surface area contributed by atoms with Gasteiger partial charge in [-0.15, -0.1) is 12.4 Å². The van der Waals surface area contributed by atoms with Crippen LogP contribution in [0.1, 0.15) is 25.5 Å². The smallest absolute Gasteiger partial charge is 0.239 e. The summed E-state index contributed by atoms with van der Waals surface area (Å²) in [6.07, 6.45) is 0. The number of benzene rings is 1. The fourth-order valence-electron chi connectivity index (χ4n) is 1.53. The summed E-state index contributed by atoms with van der Waals surface area (Å²) in [6.45, 7) is 3.39. The van der Waals surface area contributed by atoms with Gasteiger partial charge in [-0.25, -0.2) is 4.39 Å². The predicted molar refractivity (Wildman–Crippen MR) is 68.5 cm³/mol. The molecule has 0 aliphatic rings. The quantitative estimate of drug-likeness (QED) is 0.905. The van der Waals surface area contributed by atoms with Gasteiger partial charge in [0.15, 0.2) is 0 Å². The monoisotopic (exact) mass is 260 g/mol. The number of carbonyl (C=O) groups is 1. The molecule has 0 spiro atoms. The van der Waals surface area contributed by atoms with Gasteiger partial charge in [-0.3, -0.25) is 4.79 Å². The molecule has 0 aromatic heterocycles. The van der Waals surface area contributed by atoms with Crippen molar-refractivity contribution in [2.45, 2.75) is 25.9 Å². The number of likely N-dealkylation sites (N-methyl/N-ethyl adjacent to an activating group) is 1. The standard InChI is InChI=1S/C12H17FN2O.ClH/c1-8(14)12(16)15(3)9(2)10-6-4-5-7-11(10)13;/h4-9H,14H2,1-3H3;1H. The van der Waals surface area contributed by atoms with E-state index in [4.69, 9.17) is 5.73 Å². The maximum Gasteiger partial charge on any atom is 0.239 e. The number of hydrogen-bond acceptors (Lipinski definition) is 2. The minimum atomic E-state index is -0.570. The van der Waals surface area contributed by atoms with E-state index in [1.165, 1.54) is 11.0 Å². The number of rotatable bonds is 3. The van der Waals surface area contributed by atoms with Crippen LogP contribution in [0.5, 0.6) is 0 Å². The number of amides is 1. The third kappa shape index (κ3) is 3.68. The second-order valence-electron chi connectivity index (χ2n) is 3.94. The van der Waals surface area contributed by atoms with Crippen molar-refractivity contribution in [1.29, 1.82) is 0 Å². The highest BCUT2D eigenvalue weighted by atomic mass is 35.5. The Hall–Kier alpha value is -1.13. The summed E-state index contributed by atoms with van der Waals surface area (Å²) in [4.78, 5) is 13.1. The van der Waals surface area contributed by atoms with Crippen LogP contribution in [0.3, 0.4) is 0 Å². The minimum absolute atomic E-state index is 0. The molecule has 2 atom stereocenters. The lowest BCUT2D eigenvalue weighted by Crippen LogP contribution is -2.41. The average molecular weight is 261 g/mol. The van der Waals surface area contributed by atoms with Gasteiger partial charge in [-0.1, -0.05) is 18.2 Å². The molecule has 5 heteroatoms. The first-order valence-corrected chi connectivity index (χ1v) is 5.21. The van der Waals surface area contributed by atoms with Crippen molar-refractivity contribution >= 4 is 18.3 Å². The maximum absolute atomic E-state index is 13.5. The summed E-state index contributed by atoms with van der Waals surface area (Å²) in [6, 6.07) is 5.54. The lowest BCUT2D eigenvalue weighted by atomic mass is 10.1. The van der Waals surface area contributed by atoms with E-state index >= 15 is 0 Å². The largest absolute Gasteiger partial charge is 0.338 e. The molecular weight excluding hydrogens is 243 g/mol. The molecule has 0 radical (unpaired) electrons. The summed E-state index contributed by atoms with van der Waals surface area (Å²) in [7, 11) is 1.63. The van der Waals surface area contributed by atoms with Gasteiger partial charge >= 0.3 is 0 Å². The van der Waals surface area contributed by atoms with Crippen molar-refractivity contribution in [3.63, 3.8) is 0 Å². The number of carbonyl (C=O) groups excluding carboxylic acids is 1. The first-order chi connectivity index (χ1) is 7.45. The van der Waals surface area contributed by atoms with Crippen LogP contribution < -0.4 is 5.73 Å². The molecule has 17 heavy (non-hydrogen) atoms. The summed E-state index contributed by atoms with van der Waals surface area (Å²) in [5.41, 5.74) is 6.00. The topological polar surface area (TPSA) is 46.3 Å². The second-order valence-corrected chi connectivity index (χ2v) is 3.94. The first-order valence-electron chi connectivity index (χ1n) is 5.21. The van der Waals surface area contributed by atoms with E-state index in [1.54, 1.807) is 39.1 Å². The van der Waals surface area contributed by atoms with Crippen LogP contribution in [0, 0.1) is 5.82 Å². The van der Waals surface area contributed by atoms with Crippen molar-refractivity contribution in [2.24, 2.45) is 5.73 Å². The molecule has 2 N–H and O–H groups in total. The zero-order valence-electron chi connectivity index (χ0n) is 10.2. The molecule has 3 nitrogen and oxygen atoms in total. The Morgan fingerprint density at radius 2 is 1.88 bits per heavy atom. The Morgan fingerprint density at radius 1 is 1.35 bits per heavy atom. The predicted octanol–water partition coefficient (Wildman–Crippen LogP) is 2.11. The lowest BCUT2D eigenvalue weighted by molar-refractivity contribution is -0.132. The van der Waals surface area contributed by atoms with Crippen molar-refractivity contribution in [2.75, 3.05) is 7.05 Å². The van der Waals surface area contributed by atoms with E-state index in [1.807, 2.05) is 0 Å². The second kappa shape index (κ2) is 6.57. The van der Waals surface area contributed by atoms with E-state index in [0.717, 1.165) is 0 Å². The fourth-order valence-corrected chi connectivity index (χ4v) is 1.53. The molecule has 0 aliphatic carbocycles. The third-order valence-electron chi connectivity index (χ3n) is 2.67. The maximum atomic E-state index is 13.5. The third-order valence-corrected chi connectivity index (χ3v) is 2.67. The molecule has 96 valence electrons. The van der Waals surface area contributed by atoms with E-state index < -0.39 is 6.04 Å². The van der Waals surface area contributed by atoms with Crippen molar-refractivity contribution < 1.29 is 9.18 Å². The van der Waals surface area contributed by atoms with Crippen LogP contribution in [-0.4, -0.2) is 23.9 Å². The normalized spacial score (nSPS) is 13.5. The molecule has 1 rings (SSSR count). The lowest BCUT2D eigenvalue weighted by Gasteiger charge is -2.27. The highest BCUT2D eigenvalue weighted by Crippen LogP contribution is 2.21.